The summed E-state index contributed by atoms with van der Waals surface area (Å²) in [7, 11) is 0. The number of aryl methyl sites for hydroxylation is 2. The Labute approximate surface area is 128 Å². The Morgan fingerprint density at radius 1 is 1.14 bits per heavy atom. The third-order valence-corrected chi connectivity index (χ3v) is 3.73. The lowest BCUT2D eigenvalue weighted by Gasteiger charge is -2.12. The van der Waals surface area contributed by atoms with E-state index in [1.807, 2.05) is 56.3 Å². The molecule has 0 fully saturated rings. The zero-order valence-electron chi connectivity index (χ0n) is 12.6. The Morgan fingerprint density at radius 3 is 2.55 bits per heavy atom. The number of rotatable bonds is 3. The summed E-state index contributed by atoms with van der Waals surface area (Å²) in [6.07, 6.45) is 0. The van der Waals surface area contributed by atoms with Crippen molar-refractivity contribution in [1.82, 2.24) is 9.55 Å². The zero-order valence-corrected chi connectivity index (χ0v) is 12.6. The molecule has 2 aromatic carbocycles. The van der Waals surface area contributed by atoms with Gasteiger partial charge in [0.05, 0.1) is 11.0 Å². The molecule has 0 aliphatic heterocycles. The van der Waals surface area contributed by atoms with Crippen LogP contribution in [0.1, 0.15) is 11.1 Å². The van der Waals surface area contributed by atoms with Crippen LogP contribution < -0.4 is 11.1 Å². The summed E-state index contributed by atoms with van der Waals surface area (Å²) in [6, 6.07) is 13.5. The molecule has 0 saturated carbocycles. The summed E-state index contributed by atoms with van der Waals surface area (Å²) in [4.78, 5) is 16.6. The van der Waals surface area contributed by atoms with E-state index in [2.05, 4.69) is 10.3 Å². The molecule has 1 heterocycles. The number of benzene rings is 2. The summed E-state index contributed by atoms with van der Waals surface area (Å²) in [5.74, 6) is 0.227. The van der Waals surface area contributed by atoms with Crippen LogP contribution in [-0.4, -0.2) is 15.5 Å². The number of nitrogens with zero attached hydrogens (tertiary/aromatic N) is 2. The molecule has 1 aromatic heterocycles. The average Bonchev–Trinajstić information content (AvgIpc) is 2.79. The van der Waals surface area contributed by atoms with Gasteiger partial charge in [-0.2, -0.15) is 0 Å². The molecule has 0 aliphatic rings. The van der Waals surface area contributed by atoms with Gasteiger partial charge in [0, 0.05) is 5.69 Å². The molecule has 5 nitrogen and oxygen atoms in total. The van der Waals surface area contributed by atoms with E-state index in [4.69, 9.17) is 5.73 Å². The van der Waals surface area contributed by atoms with E-state index < -0.39 is 0 Å². The monoisotopic (exact) mass is 294 g/mol. The number of nitrogen functional groups attached to an aromatic ring is 1. The van der Waals surface area contributed by atoms with Gasteiger partial charge in [0.1, 0.15) is 6.54 Å². The summed E-state index contributed by atoms with van der Waals surface area (Å²) in [5, 5.41) is 2.97. The molecular weight excluding hydrogens is 276 g/mol. The summed E-state index contributed by atoms with van der Waals surface area (Å²) >= 11 is 0. The lowest BCUT2D eigenvalue weighted by molar-refractivity contribution is -0.116. The minimum absolute atomic E-state index is 0.118. The molecule has 1 amide bonds. The van der Waals surface area contributed by atoms with Crippen molar-refractivity contribution in [3.05, 3.63) is 53.6 Å². The molecule has 0 bridgehead atoms. The van der Waals surface area contributed by atoms with E-state index in [0.717, 1.165) is 27.8 Å². The average molecular weight is 294 g/mol. The molecule has 0 unspecified atom stereocenters. The van der Waals surface area contributed by atoms with Crippen molar-refractivity contribution in [2.24, 2.45) is 0 Å². The number of carbonyl (C=O) groups is 1. The highest BCUT2D eigenvalue weighted by molar-refractivity contribution is 5.93. The molecular formula is C17H18N4O. The van der Waals surface area contributed by atoms with Crippen molar-refractivity contribution in [3.63, 3.8) is 0 Å². The number of imidazole rings is 1. The van der Waals surface area contributed by atoms with Gasteiger partial charge in [0.25, 0.3) is 0 Å². The number of carbonyl (C=O) groups excluding carboxylic acids is 1. The molecule has 22 heavy (non-hydrogen) atoms. The first-order valence-corrected chi connectivity index (χ1v) is 7.13. The van der Waals surface area contributed by atoms with E-state index in [0.29, 0.717) is 5.95 Å². The molecule has 0 aliphatic carbocycles. The van der Waals surface area contributed by atoms with Crippen LogP contribution >= 0.6 is 0 Å². The summed E-state index contributed by atoms with van der Waals surface area (Å²) in [5.41, 5.74) is 10.5. The Bertz CT molecular complexity index is 831. The fraction of sp³-hybridized carbons (Fsp3) is 0.176. The van der Waals surface area contributed by atoms with Crippen LogP contribution in [0.3, 0.4) is 0 Å². The predicted octanol–water partition coefficient (Wildman–Crippen LogP) is 2.87. The third kappa shape index (κ3) is 2.53. The first-order valence-electron chi connectivity index (χ1n) is 7.13. The topological polar surface area (TPSA) is 72.9 Å². The maximum absolute atomic E-state index is 12.4. The number of hydrogen-bond donors (Lipinski definition) is 2. The highest BCUT2D eigenvalue weighted by atomic mass is 16.1. The molecule has 0 atom stereocenters. The number of hydrogen-bond acceptors (Lipinski definition) is 3. The Morgan fingerprint density at radius 2 is 1.82 bits per heavy atom. The maximum atomic E-state index is 12.4. The second-order valence-corrected chi connectivity index (χ2v) is 5.36. The van der Waals surface area contributed by atoms with Gasteiger partial charge in [-0.05, 0) is 37.1 Å². The highest BCUT2D eigenvalue weighted by Crippen LogP contribution is 2.21. The van der Waals surface area contributed by atoms with Crippen LogP contribution in [0.2, 0.25) is 0 Å². The van der Waals surface area contributed by atoms with Gasteiger partial charge in [0.15, 0.2) is 0 Å². The third-order valence-electron chi connectivity index (χ3n) is 3.73. The first-order chi connectivity index (χ1) is 10.6. The van der Waals surface area contributed by atoms with Gasteiger partial charge in [-0.3, -0.25) is 4.79 Å². The largest absolute Gasteiger partial charge is 0.369 e. The molecule has 3 N–H and O–H groups in total. The second-order valence-electron chi connectivity index (χ2n) is 5.36. The van der Waals surface area contributed by atoms with E-state index >= 15 is 0 Å². The number of anilines is 2. The van der Waals surface area contributed by atoms with Crippen molar-refractivity contribution >= 4 is 28.6 Å². The van der Waals surface area contributed by atoms with Crippen molar-refractivity contribution < 1.29 is 4.79 Å². The van der Waals surface area contributed by atoms with Crippen LogP contribution in [0.25, 0.3) is 11.0 Å². The van der Waals surface area contributed by atoms with Gasteiger partial charge in [0.2, 0.25) is 11.9 Å². The summed E-state index contributed by atoms with van der Waals surface area (Å²) in [6.45, 7) is 4.09. The van der Waals surface area contributed by atoms with Crippen LogP contribution in [-0.2, 0) is 11.3 Å². The number of nitrogens with two attached hydrogens (primary N) is 1. The van der Waals surface area contributed by atoms with Gasteiger partial charge in [-0.25, -0.2) is 4.98 Å². The number of para-hydroxylation sites is 3. The number of amides is 1. The zero-order chi connectivity index (χ0) is 15.7. The second kappa shape index (κ2) is 5.52. The van der Waals surface area contributed by atoms with Crippen LogP contribution in [0.15, 0.2) is 42.5 Å². The molecule has 5 heteroatoms. The SMILES string of the molecule is Cc1cccc(C)c1NC(=O)Cn1c(N)nc2ccccc21. The molecule has 3 aromatic rings. The lowest BCUT2D eigenvalue weighted by atomic mass is 10.1. The lowest BCUT2D eigenvalue weighted by Crippen LogP contribution is -2.20. The van der Waals surface area contributed by atoms with Crippen molar-refractivity contribution in [1.29, 1.82) is 0 Å². The fourth-order valence-electron chi connectivity index (χ4n) is 2.59. The number of nitrogens with one attached hydrogen (secondary N) is 1. The number of fused-ring (bicyclic) bond motifs is 1. The molecule has 0 radical (unpaired) electrons. The predicted molar refractivity (Wildman–Crippen MR) is 88.7 cm³/mol. The van der Waals surface area contributed by atoms with Gasteiger partial charge in [-0.1, -0.05) is 30.3 Å². The van der Waals surface area contributed by atoms with E-state index in [9.17, 15) is 4.79 Å². The molecule has 0 spiro atoms. The van der Waals surface area contributed by atoms with Crippen molar-refractivity contribution in [2.75, 3.05) is 11.1 Å². The molecule has 0 saturated heterocycles. The van der Waals surface area contributed by atoms with E-state index in [1.54, 1.807) is 4.57 Å². The van der Waals surface area contributed by atoms with Crippen LogP contribution in [0, 0.1) is 13.8 Å². The molecule has 112 valence electrons. The number of aromatic nitrogens is 2. The van der Waals surface area contributed by atoms with Gasteiger partial charge < -0.3 is 15.6 Å². The van der Waals surface area contributed by atoms with E-state index in [1.165, 1.54) is 0 Å². The van der Waals surface area contributed by atoms with Crippen molar-refractivity contribution in [3.8, 4) is 0 Å². The maximum Gasteiger partial charge on any atom is 0.244 e. The molecule has 3 rings (SSSR count). The van der Waals surface area contributed by atoms with E-state index in [-0.39, 0.29) is 12.5 Å². The smallest absolute Gasteiger partial charge is 0.244 e. The van der Waals surface area contributed by atoms with Crippen molar-refractivity contribution in [2.45, 2.75) is 20.4 Å². The standard InChI is InChI=1S/C17H18N4O/c1-11-6-5-7-12(2)16(11)20-15(22)10-21-14-9-4-3-8-13(14)19-17(21)18/h3-9H,10H2,1-2H3,(H2,18,19)(H,20,22). The summed E-state index contributed by atoms with van der Waals surface area (Å²) < 4.78 is 1.72. The Hall–Kier alpha value is -2.82. The minimum Gasteiger partial charge on any atom is -0.369 e. The van der Waals surface area contributed by atoms with Gasteiger partial charge >= 0.3 is 0 Å². The van der Waals surface area contributed by atoms with Crippen LogP contribution in [0.4, 0.5) is 11.6 Å². The quantitative estimate of drug-likeness (QED) is 0.780. The first kappa shape index (κ1) is 14.1. The minimum atomic E-state index is -0.118. The highest BCUT2D eigenvalue weighted by Gasteiger charge is 2.12. The van der Waals surface area contributed by atoms with Crippen LogP contribution in [0.5, 0.6) is 0 Å². The Balaban J connectivity index is 1.86. The normalized spacial score (nSPS) is 10.8. The van der Waals surface area contributed by atoms with Gasteiger partial charge in [-0.15, -0.1) is 0 Å². The fourth-order valence-corrected chi connectivity index (χ4v) is 2.59. The Kier molecular flexibility index (Phi) is 3.55.